The highest BCUT2D eigenvalue weighted by Gasteiger charge is 2.27. The van der Waals surface area contributed by atoms with Crippen LogP contribution in [0.5, 0.6) is 0 Å². The van der Waals surface area contributed by atoms with Crippen molar-refractivity contribution in [2.75, 3.05) is 26.7 Å². The molecule has 0 radical (unpaired) electrons. The maximum atomic E-state index is 12.8. The number of nitrogens with zero attached hydrogens (tertiary/aromatic N) is 1. The standard InChI is InChI=1S/C25H32N2O3/c1-19-10-12-20(13-11-19)15-23(25(29)30-2)16-26-24(28)22-9-6-14-27(18-22)17-21-7-4-3-5-8-21/h3-5,7-8,10-13,22-23H,6,9,14-18H2,1-2H3,(H,26,28). The lowest BCUT2D eigenvalue weighted by atomic mass is 9.95. The Kier molecular flexibility index (Phi) is 8.03. The van der Waals surface area contributed by atoms with Crippen LogP contribution in [0.1, 0.15) is 29.5 Å². The maximum absolute atomic E-state index is 12.8. The molecule has 2 unspecified atom stereocenters. The first-order valence-electron chi connectivity index (χ1n) is 10.7. The molecule has 1 aliphatic rings. The average Bonchev–Trinajstić information content (AvgIpc) is 2.78. The van der Waals surface area contributed by atoms with Gasteiger partial charge in [0.1, 0.15) is 0 Å². The van der Waals surface area contributed by atoms with Crippen molar-refractivity contribution in [3.05, 3.63) is 71.3 Å². The van der Waals surface area contributed by atoms with Crippen LogP contribution in [0.4, 0.5) is 0 Å². The van der Waals surface area contributed by atoms with Gasteiger partial charge in [-0.3, -0.25) is 14.5 Å². The fourth-order valence-electron chi connectivity index (χ4n) is 4.04. The zero-order chi connectivity index (χ0) is 21.3. The molecule has 0 bridgehead atoms. The lowest BCUT2D eigenvalue weighted by Gasteiger charge is -2.32. The molecular weight excluding hydrogens is 376 g/mol. The predicted octanol–water partition coefficient (Wildman–Crippen LogP) is 3.36. The van der Waals surface area contributed by atoms with Crippen LogP contribution < -0.4 is 5.32 Å². The summed E-state index contributed by atoms with van der Waals surface area (Å²) in [5, 5.41) is 3.02. The molecule has 1 fully saturated rings. The van der Waals surface area contributed by atoms with E-state index in [0.717, 1.165) is 38.0 Å². The molecule has 0 aliphatic carbocycles. The highest BCUT2D eigenvalue weighted by molar-refractivity contribution is 5.80. The number of hydrogen-bond acceptors (Lipinski definition) is 4. The molecular formula is C25H32N2O3. The van der Waals surface area contributed by atoms with Gasteiger partial charge in [-0.05, 0) is 43.9 Å². The van der Waals surface area contributed by atoms with Crippen LogP contribution in [0.3, 0.4) is 0 Å². The van der Waals surface area contributed by atoms with Gasteiger partial charge in [0.05, 0.1) is 18.9 Å². The Labute approximate surface area is 179 Å². The number of aryl methyl sites for hydroxylation is 1. The lowest BCUT2D eigenvalue weighted by molar-refractivity contribution is -0.145. The van der Waals surface area contributed by atoms with Gasteiger partial charge in [-0.15, -0.1) is 0 Å². The van der Waals surface area contributed by atoms with Crippen molar-refractivity contribution in [2.24, 2.45) is 11.8 Å². The summed E-state index contributed by atoms with van der Waals surface area (Å²) in [6.07, 6.45) is 2.45. The number of carbonyl (C=O) groups is 2. The number of carbonyl (C=O) groups excluding carboxylic acids is 2. The number of nitrogens with one attached hydrogen (secondary N) is 1. The highest BCUT2D eigenvalue weighted by Crippen LogP contribution is 2.19. The van der Waals surface area contributed by atoms with Crippen molar-refractivity contribution in [3.8, 4) is 0 Å². The van der Waals surface area contributed by atoms with E-state index in [0.29, 0.717) is 13.0 Å². The monoisotopic (exact) mass is 408 g/mol. The first kappa shape index (κ1) is 22.0. The van der Waals surface area contributed by atoms with Gasteiger partial charge in [-0.2, -0.15) is 0 Å². The summed E-state index contributed by atoms with van der Waals surface area (Å²) in [6, 6.07) is 18.5. The van der Waals surface area contributed by atoms with E-state index in [1.165, 1.54) is 18.2 Å². The van der Waals surface area contributed by atoms with Gasteiger partial charge in [-0.1, -0.05) is 60.2 Å². The quantitative estimate of drug-likeness (QED) is 0.681. The SMILES string of the molecule is COC(=O)C(CNC(=O)C1CCCN(Cc2ccccc2)C1)Cc1ccc(C)cc1. The summed E-state index contributed by atoms with van der Waals surface area (Å²) in [7, 11) is 1.40. The molecule has 5 nitrogen and oxygen atoms in total. The minimum Gasteiger partial charge on any atom is -0.469 e. The molecule has 5 heteroatoms. The van der Waals surface area contributed by atoms with Gasteiger partial charge in [0.15, 0.2) is 0 Å². The maximum Gasteiger partial charge on any atom is 0.310 e. The molecule has 2 atom stereocenters. The fraction of sp³-hybridized carbons (Fsp3) is 0.440. The largest absolute Gasteiger partial charge is 0.469 e. The van der Waals surface area contributed by atoms with Crippen LogP contribution in [-0.2, 0) is 27.3 Å². The Morgan fingerprint density at radius 3 is 2.53 bits per heavy atom. The van der Waals surface area contributed by atoms with Crippen LogP contribution in [0.2, 0.25) is 0 Å². The number of esters is 1. The van der Waals surface area contributed by atoms with Crippen LogP contribution in [-0.4, -0.2) is 43.5 Å². The molecule has 1 amide bonds. The number of methoxy groups -OCH3 is 1. The van der Waals surface area contributed by atoms with E-state index in [1.54, 1.807) is 0 Å². The van der Waals surface area contributed by atoms with E-state index in [-0.39, 0.29) is 23.7 Å². The third-order valence-electron chi connectivity index (χ3n) is 5.79. The Morgan fingerprint density at radius 1 is 1.10 bits per heavy atom. The number of hydrogen-bond donors (Lipinski definition) is 1. The summed E-state index contributed by atoms with van der Waals surface area (Å²) in [5.41, 5.74) is 3.51. The summed E-state index contributed by atoms with van der Waals surface area (Å²) >= 11 is 0. The van der Waals surface area contributed by atoms with Gasteiger partial charge in [0.2, 0.25) is 5.91 Å². The van der Waals surface area contributed by atoms with Crippen LogP contribution >= 0.6 is 0 Å². The second kappa shape index (κ2) is 10.9. The minimum absolute atomic E-state index is 0.0329. The summed E-state index contributed by atoms with van der Waals surface area (Å²) in [6.45, 7) is 4.96. The van der Waals surface area contributed by atoms with Crippen molar-refractivity contribution in [1.82, 2.24) is 10.2 Å². The molecule has 0 saturated carbocycles. The summed E-state index contributed by atoms with van der Waals surface area (Å²) < 4.78 is 4.97. The highest BCUT2D eigenvalue weighted by atomic mass is 16.5. The first-order chi connectivity index (χ1) is 14.5. The van der Waals surface area contributed by atoms with Crippen LogP contribution in [0.25, 0.3) is 0 Å². The molecule has 2 aromatic rings. The second-order valence-electron chi connectivity index (χ2n) is 8.21. The van der Waals surface area contributed by atoms with Gasteiger partial charge in [0, 0.05) is 19.6 Å². The molecule has 0 spiro atoms. The van der Waals surface area contributed by atoms with Crippen molar-refractivity contribution >= 4 is 11.9 Å². The van der Waals surface area contributed by atoms with E-state index in [2.05, 4.69) is 22.3 Å². The first-order valence-corrected chi connectivity index (χ1v) is 10.7. The number of benzene rings is 2. The molecule has 1 saturated heterocycles. The number of piperidine rings is 1. The molecule has 0 aromatic heterocycles. The zero-order valence-corrected chi connectivity index (χ0v) is 18.0. The average molecular weight is 409 g/mol. The van der Waals surface area contributed by atoms with Crippen molar-refractivity contribution in [3.63, 3.8) is 0 Å². The van der Waals surface area contributed by atoms with E-state index in [9.17, 15) is 9.59 Å². The topological polar surface area (TPSA) is 58.6 Å². The van der Waals surface area contributed by atoms with Crippen molar-refractivity contribution in [2.45, 2.75) is 32.7 Å². The molecule has 3 rings (SSSR count). The molecule has 160 valence electrons. The number of likely N-dealkylation sites (tertiary alicyclic amines) is 1. The van der Waals surface area contributed by atoms with Crippen molar-refractivity contribution in [1.29, 1.82) is 0 Å². The van der Waals surface area contributed by atoms with E-state index >= 15 is 0 Å². The van der Waals surface area contributed by atoms with Gasteiger partial charge >= 0.3 is 5.97 Å². The lowest BCUT2D eigenvalue weighted by Crippen LogP contribution is -2.44. The third-order valence-corrected chi connectivity index (χ3v) is 5.79. The Hall–Kier alpha value is -2.66. The Bertz CT molecular complexity index is 820. The summed E-state index contributed by atoms with van der Waals surface area (Å²) in [5.74, 6) is -0.679. The fourth-order valence-corrected chi connectivity index (χ4v) is 4.04. The molecule has 1 aliphatic heterocycles. The van der Waals surface area contributed by atoms with Crippen LogP contribution in [0, 0.1) is 18.8 Å². The number of ether oxygens (including phenoxy) is 1. The Morgan fingerprint density at radius 2 is 1.83 bits per heavy atom. The van der Waals surface area contributed by atoms with Crippen LogP contribution in [0.15, 0.2) is 54.6 Å². The van der Waals surface area contributed by atoms with Gasteiger partial charge in [-0.25, -0.2) is 0 Å². The molecule has 1 N–H and O–H groups in total. The second-order valence-corrected chi connectivity index (χ2v) is 8.21. The predicted molar refractivity (Wildman–Crippen MR) is 118 cm³/mol. The minimum atomic E-state index is -0.384. The van der Waals surface area contributed by atoms with Gasteiger partial charge in [0.25, 0.3) is 0 Å². The van der Waals surface area contributed by atoms with E-state index in [4.69, 9.17) is 4.74 Å². The number of amides is 1. The van der Waals surface area contributed by atoms with E-state index < -0.39 is 0 Å². The summed E-state index contributed by atoms with van der Waals surface area (Å²) in [4.78, 5) is 27.4. The molecule has 30 heavy (non-hydrogen) atoms. The Balaban J connectivity index is 1.53. The zero-order valence-electron chi connectivity index (χ0n) is 18.0. The number of rotatable bonds is 8. The third kappa shape index (κ3) is 6.42. The molecule has 1 heterocycles. The smallest absolute Gasteiger partial charge is 0.310 e. The molecule has 2 aromatic carbocycles. The van der Waals surface area contributed by atoms with E-state index in [1.807, 2.05) is 49.4 Å². The normalized spacial score (nSPS) is 17.9. The van der Waals surface area contributed by atoms with Crippen molar-refractivity contribution < 1.29 is 14.3 Å². The van der Waals surface area contributed by atoms with Gasteiger partial charge < -0.3 is 10.1 Å².